The van der Waals surface area contributed by atoms with E-state index in [0.717, 1.165) is 0 Å². The lowest BCUT2D eigenvalue weighted by molar-refractivity contribution is 0.218. The number of hydrogen-bond acceptors (Lipinski definition) is 2. The molecule has 0 saturated carbocycles. The normalized spacial score (nSPS) is 10.0. The zero-order valence-corrected chi connectivity index (χ0v) is 5.53. The van der Waals surface area contributed by atoms with Crippen molar-refractivity contribution in [2.45, 2.75) is 0 Å². The molecule has 1 N–H and O–H groups in total. The zero-order chi connectivity index (χ0) is 7.02. The molecule has 9 heavy (non-hydrogen) atoms. The van der Waals surface area contributed by atoms with E-state index in [0.29, 0.717) is 0 Å². The summed E-state index contributed by atoms with van der Waals surface area (Å²) in [5, 5.41) is 18.3. The molecule has 0 aromatic carbocycles. The van der Waals surface area contributed by atoms with Crippen molar-refractivity contribution in [1.29, 1.82) is 0 Å². The molecule has 0 aliphatic heterocycles. The minimum Gasteiger partial charge on any atom is -0.480 e. The lowest BCUT2D eigenvalue weighted by Crippen LogP contribution is -1.53. The van der Waals surface area contributed by atoms with Crippen LogP contribution < -0.4 is 0 Å². The first-order valence-corrected chi connectivity index (χ1v) is 2.72. The van der Waals surface area contributed by atoms with Crippen LogP contribution in [0, 0.1) is 0 Å². The van der Waals surface area contributed by atoms with E-state index >= 15 is 0 Å². The minimum absolute atomic E-state index is 0.235. The first-order valence-electron chi connectivity index (χ1n) is 1.96. The van der Waals surface area contributed by atoms with Gasteiger partial charge in [-0.15, -0.1) is 0 Å². The molecule has 0 amide bonds. The molecule has 0 aliphatic carbocycles. The zero-order valence-electron chi connectivity index (χ0n) is 4.02. The van der Waals surface area contributed by atoms with Gasteiger partial charge in [0.2, 0.25) is 0 Å². The van der Waals surface area contributed by atoms with Crippen LogP contribution in [-0.2, 0) is 5.11 Å². The topological polar surface area (TPSA) is 53.3 Å². The van der Waals surface area contributed by atoms with Crippen molar-refractivity contribution in [1.82, 2.24) is 0 Å². The van der Waals surface area contributed by atoms with E-state index in [1.165, 1.54) is 0 Å². The third-order valence-electron chi connectivity index (χ3n) is 0.749. The summed E-state index contributed by atoms with van der Waals surface area (Å²) in [6.07, 6.45) is 0. The Morgan fingerprint density at radius 3 is 2.00 bits per heavy atom. The van der Waals surface area contributed by atoms with Gasteiger partial charge in [-0.3, -0.25) is 0 Å². The average molecular weight is 168 g/mol. The van der Waals surface area contributed by atoms with E-state index in [1.807, 2.05) is 0 Å². The molecule has 1 aromatic rings. The Morgan fingerprint density at radius 2 is 1.89 bits per heavy atom. The molecular weight excluding hydrogens is 167 g/mol. The lowest BCUT2D eigenvalue weighted by atomic mass is 10.6. The van der Waals surface area contributed by atoms with Gasteiger partial charge in [0.05, 0.1) is 0 Å². The third-order valence-corrected chi connectivity index (χ3v) is 1.54. The lowest BCUT2D eigenvalue weighted by Gasteiger charge is -1.77. The Labute approximate surface area is 60.4 Å². The molecule has 49 valence electrons. The van der Waals surface area contributed by atoms with Gasteiger partial charge in [-0.2, -0.15) is 0 Å². The summed E-state index contributed by atoms with van der Waals surface area (Å²) >= 11 is 10.4. The van der Waals surface area contributed by atoms with Crippen LogP contribution in [-0.4, -0.2) is 5.11 Å². The second kappa shape index (κ2) is 2.01. The number of rotatable bonds is 0. The van der Waals surface area contributed by atoms with Gasteiger partial charge in [0.15, 0.2) is 5.02 Å². The summed E-state index contributed by atoms with van der Waals surface area (Å²) in [6.45, 7) is 0. The highest BCUT2D eigenvalue weighted by Gasteiger charge is 2.16. The van der Waals surface area contributed by atoms with Crippen LogP contribution in [0.3, 0.4) is 0 Å². The molecule has 0 atom stereocenters. The van der Waals surface area contributed by atoms with E-state index < -0.39 is 11.9 Å². The molecule has 0 bridgehead atoms. The molecule has 1 aromatic heterocycles. The summed E-state index contributed by atoms with van der Waals surface area (Å²) in [7, 11) is 0. The molecular formula is C4HCl2O3. The van der Waals surface area contributed by atoms with Crippen molar-refractivity contribution >= 4 is 23.2 Å². The number of hydrogen-bond donors (Lipinski definition) is 1. The molecule has 0 saturated heterocycles. The monoisotopic (exact) mass is 167 g/mol. The quantitative estimate of drug-likeness (QED) is 0.646. The largest absolute Gasteiger partial charge is 0.480 e. The maximum absolute atomic E-state index is 10.3. The number of furan rings is 1. The van der Waals surface area contributed by atoms with E-state index in [4.69, 9.17) is 28.3 Å². The maximum atomic E-state index is 10.3. The van der Waals surface area contributed by atoms with Crippen molar-refractivity contribution in [2.75, 3.05) is 0 Å². The van der Waals surface area contributed by atoms with Crippen LogP contribution in [0.15, 0.2) is 4.42 Å². The van der Waals surface area contributed by atoms with Crippen LogP contribution >= 0.6 is 23.2 Å². The predicted molar refractivity (Wildman–Crippen MR) is 30.5 cm³/mol. The van der Waals surface area contributed by atoms with Gasteiger partial charge in [-0.25, -0.2) is 5.11 Å². The molecule has 3 nitrogen and oxygen atoms in total. The Kier molecular flexibility index (Phi) is 1.47. The summed E-state index contributed by atoms with van der Waals surface area (Å²) in [4.78, 5) is 0. The van der Waals surface area contributed by atoms with Gasteiger partial charge in [0, 0.05) is 0 Å². The second-order valence-electron chi connectivity index (χ2n) is 1.32. The van der Waals surface area contributed by atoms with Crippen LogP contribution in [0.25, 0.3) is 0 Å². The van der Waals surface area contributed by atoms with Crippen molar-refractivity contribution in [3.8, 4) is 11.9 Å². The fraction of sp³-hybridized carbons (Fsp3) is 0. The summed E-state index contributed by atoms with van der Waals surface area (Å²) in [5.74, 6) is -1.45. The third kappa shape index (κ3) is 0.930. The molecule has 0 unspecified atom stereocenters. The van der Waals surface area contributed by atoms with E-state index in [-0.39, 0.29) is 10.0 Å². The first-order chi connectivity index (χ1) is 4.13. The van der Waals surface area contributed by atoms with Gasteiger partial charge in [-0.1, -0.05) is 23.2 Å². The predicted octanol–water partition coefficient (Wildman–Crippen LogP) is 2.44. The Balaban J connectivity index is 3.29. The van der Waals surface area contributed by atoms with Gasteiger partial charge < -0.3 is 9.52 Å². The average Bonchev–Trinajstić information content (AvgIpc) is 1.98. The molecule has 1 heterocycles. The molecule has 1 radical (unpaired) electrons. The highest BCUT2D eigenvalue weighted by molar-refractivity contribution is 6.43. The van der Waals surface area contributed by atoms with Crippen LogP contribution in [0.2, 0.25) is 10.0 Å². The molecule has 0 aliphatic rings. The molecule has 1 rings (SSSR count). The van der Waals surface area contributed by atoms with Crippen LogP contribution in [0.1, 0.15) is 0 Å². The molecule has 0 spiro atoms. The Hall–Kier alpha value is -0.540. The Bertz CT molecular complexity index is 207. The van der Waals surface area contributed by atoms with E-state index in [1.54, 1.807) is 0 Å². The summed E-state index contributed by atoms with van der Waals surface area (Å²) in [5.41, 5.74) is 0. The number of aromatic hydroxyl groups is 1. The van der Waals surface area contributed by atoms with E-state index in [9.17, 15) is 5.11 Å². The van der Waals surface area contributed by atoms with E-state index in [2.05, 4.69) is 4.42 Å². The van der Waals surface area contributed by atoms with Crippen molar-refractivity contribution in [3.05, 3.63) is 10.0 Å². The first kappa shape index (κ1) is 6.58. The van der Waals surface area contributed by atoms with Crippen molar-refractivity contribution in [2.24, 2.45) is 0 Å². The van der Waals surface area contributed by atoms with Gasteiger partial charge >= 0.3 is 11.9 Å². The minimum atomic E-state index is -0.820. The standard InChI is InChI=1S/C4HCl2O3/c5-1-2(6)4(8)9-3(1)7/h7H. The highest BCUT2D eigenvalue weighted by Crippen LogP contribution is 2.41. The Morgan fingerprint density at radius 1 is 1.33 bits per heavy atom. The molecule has 0 fully saturated rings. The van der Waals surface area contributed by atoms with Crippen LogP contribution in [0.4, 0.5) is 0 Å². The number of halogens is 2. The summed E-state index contributed by atoms with van der Waals surface area (Å²) in [6, 6.07) is 0. The maximum Gasteiger partial charge on any atom is 0.359 e. The van der Waals surface area contributed by atoms with Gasteiger partial charge in [-0.05, 0) is 0 Å². The second-order valence-corrected chi connectivity index (χ2v) is 2.08. The van der Waals surface area contributed by atoms with Gasteiger partial charge in [0.1, 0.15) is 5.02 Å². The van der Waals surface area contributed by atoms with Gasteiger partial charge in [0.25, 0.3) is 0 Å². The smallest absolute Gasteiger partial charge is 0.359 e. The SMILES string of the molecule is [O]c1oc(O)c(Cl)c1Cl. The highest BCUT2D eigenvalue weighted by atomic mass is 35.5. The van der Waals surface area contributed by atoms with Crippen LogP contribution in [0.5, 0.6) is 11.9 Å². The fourth-order valence-corrected chi connectivity index (χ4v) is 0.596. The van der Waals surface area contributed by atoms with Crippen molar-refractivity contribution in [3.63, 3.8) is 0 Å². The molecule has 5 heteroatoms. The van der Waals surface area contributed by atoms with Crippen molar-refractivity contribution < 1.29 is 14.6 Å². The summed E-state index contributed by atoms with van der Waals surface area (Å²) < 4.78 is 4.08. The fourth-order valence-electron chi connectivity index (χ4n) is 0.361.